The number of nitrogens with two attached hydrogens (primary N) is 1. The Morgan fingerprint density at radius 3 is 2.33 bits per heavy atom. The maximum atomic E-state index is 11.4. The molecule has 4 nitrogen and oxygen atoms in total. The van der Waals surface area contributed by atoms with Gasteiger partial charge in [0.15, 0.2) is 0 Å². The van der Waals surface area contributed by atoms with Crippen LogP contribution in [-0.2, 0) is 10.0 Å². The van der Waals surface area contributed by atoms with Crippen molar-refractivity contribution < 1.29 is 8.42 Å². The number of rotatable bonds is 3. The molecule has 0 amide bonds. The second-order valence-corrected chi connectivity index (χ2v) is 5.83. The number of nitrogens with zero attached hydrogens (tertiary/aromatic N) is 1. The van der Waals surface area contributed by atoms with Crippen molar-refractivity contribution >= 4 is 10.0 Å². The minimum atomic E-state index is -2.99. The highest BCUT2D eigenvalue weighted by molar-refractivity contribution is 7.89. The molecule has 0 aromatic rings. The minimum absolute atomic E-state index is 0.239. The SMILES string of the molecule is CCCS(=O)(=O)N1CC(C)(N)C1. The molecule has 1 saturated heterocycles. The summed E-state index contributed by atoms with van der Waals surface area (Å²) in [6, 6.07) is 0. The summed E-state index contributed by atoms with van der Waals surface area (Å²) in [5.41, 5.74) is 5.39. The minimum Gasteiger partial charge on any atom is -0.323 e. The zero-order chi connectivity index (χ0) is 9.41. The molecular weight excluding hydrogens is 176 g/mol. The third kappa shape index (κ3) is 1.97. The smallest absolute Gasteiger partial charge is 0.214 e. The second-order valence-electron chi connectivity index (χ2n) is 3.74. The predicted molar refractivity (Wildman–Crippen MR) is 48.2 cm³/mol. The standard InChI is InChI=1S/C7H16N2O2S/c1-3-4-12(10,11)9-5-7(2,8)6-9/h3-6,8H2,1-2H3. The van der Waals surface area contributed by atoms with Crippen molar-refractivity contribution in [2.75, 3.05) is 18.8 Å². The maximum absolute atomic E-state index is 11.4. The van der Waals surface area contributed by atoms with Crippen LogP contribution in [0, 0.1) is 0 Å². The molecule has 1 fully saturated rings. The van der Waals surface area contributed by atoms with Crippen LogP contribution in [0.4, 0.5) is 0 Å². The summed E-state index contributed by atoms with van der Waals surface area (Å²) in [5, 5.41) is 0. The van der Waals surface area contributed by atoms with E-state index in [0.29, 0.717) is 19.5 Å². The molecule has 1 aliphatic heterocycles. The first-order valence-electron chi connectivity index (χ1n) is 4.14. The molecule has 0 saturated carbocycles. The van der Waals surface area contributed by atoms with Crippen molar-refractivity contribution in [3.8, 4) is 0 Å². The molecule has 2 N–H and O–H groups in total. The Labute approximate surface area is 73.8 Å². The highest BCUT2D eigenvalue weighted by Gasteiger charge is 2.41. The van der Waals surface area contributed by atoms with Crippen LogP contribution in [0.1, 0.15) is 20.3 Å². The van der Waals surface area contributed by atoms with Crippen molar-refractivity contribution in [1.82, 2.24) is 4.31 Å². The van der Waals surface area contributed by atoms with Crippen LogP contribution < -0.4 is 5.73 Å². The predicted octanol–water partition coefficient (Wildman–Crippen LogP) is -0.241. The molecule has 0 aromatic carbocycles. The van der Waals surface area contributed by atoms with Crippen LogP contribution in [0.3, 0.4) is 0 Å². The van der Waals surface area contributed by atoms with Gasteiger partial charge in [-0.2, -0.15) is 4.31 Å². The monoisotopic (exact) mass is 192 g/mol. The molecule has 1 aliphatic rings. The fourth-order valence-corrected chi connectivity index (χ4v) is 3.10. The Bertz CT molecular complexity index is 251. The van der Waals surface area contributed by atoms with Gasteiger partial charge in [-0.15, -0.1) is 0 Å². The summed E-state index contributed by atoms with van der Waals surface area (Å²) in [6.07, 6.45) is 0.667. The van der Waals surface area contributed by atoms with Gasteiger partial charge in [-0.3, -0.25) is 0 Å². The van der Waals surface area contributed by atoms with E-state index in [-0.39, 0.29) is 11.3 Å². The van der Waals surface area contributed by atoms with Gasteiger partial charge in [0, 0.05) is 18.6 Å². The Kier molecular flexibility index (Phi) is 2.47. The molecule has 0 aliphatic carbocycles. The van der Waals surface area contributed by atoms with Crippen LogP contribution in [0.25, 0.3) is 0 Å². The summed E-state index contributed by atoms with van der Waals surface area (Å²) in [7, 11) is -2.99. The number of sulfonamides is 1. The number of hydrogen-bond donors (Lipinski definition) is 1. The lowest BCUT2D eigenvalue weighted by molar-refractivity contribution is 0.176. The van der Waals surface area contributed by atoms with Gasteiger partial charge >= 0.3 is 0 Å². The molecule has 1 heterocycles. The van der Waals surface area contributed by atoms with Crippen LogP contribution in [0.5, 0.6) is 0 Å². The quantitative estimate of drug-likeness (QED) is 0.671. The lowest BCUT2D eigenvalue weighted by Crippen LogP contribution is -2.66. The van der Waals surface area contributed by atoms with Gasteiger partial charge in [0.1, 0.15) is 0 Å². The van der Waals surface area contributed by atoms with E-state index >= 15 is 0 Å². The van der Waals surface area contributed by atoms with E-state index in [0.717, 1.165) is 0 Å². The molecule has 0 atom stereocenters. The van der Waals surface area contributed by atoms with E-state index in [1.165, 1.54) is 4.31 Å². The third-order valence-electron chi connectivity index (χ3n) is 1.93. The van der Waals surface area contributed by atoms with E-state index in [1.807, 2.05) is 13.8 Å². The first kappa shape index (κ1) is 9.95. The van der Waals surface area contributed by atoms with Crippen LogP contribution in [0.15, 0.2) is 0 Å². The lowest BCUT2D eigenvalue weighted by Gasteiger charge is -2.44. The third-order valence-corrected chi connectivity index (χ3v) is 3.90. The largest absolute Gasteiger partial charge is 0.323 e. The van der Waals surface area contributed by atoms with Crippen molar-refractivity contribution in [2.45, 2.75) is 25.8 Å². The normalized spacial score (nSPS) is 23.6. The summed E-state index contributed by atoms with van der Waals surface area (Å²) < 4.78 is 24.2. The van der Waals surface area contributed by atoms with Gasteiger partial charge in [0.25, 0.3) is 0 Å². The molecule has 12 heavy (non-hydrogen) atoms. The molecular formula is C7H16N2O2S. The van der Waals surface area contributed by atoms with E-state index in [9.17, 15) is 8.42 Å². The Morgan fingerprint density at radius 2 is 2.00 bits per heavy atom. The van der Waals surface area contributed by atoms with Gasteiger partial charge in [-0.25, -0.2) is 8.42 Å². The molecule has 5 heteroatoms. The van der Waals surface area contributed by atoms with Gasteiger partial charge in [0.2, 0.25) is 10.0 Å². The highest BCUT2D eigenvalue weighted by Crippen LogP contribution is 2.21. The van der Waals surface area contributed by atoms with Gasteiger partial charge < -0.3 is 5.73 Å². The Morgan fingerprint density at radius 1 is 1.50 bits per heavy atom. The van der Waals surface area contributed by atoms with E-state index < -0.39 is 10.0 Å². The van der Waals surface area contributed by atoms with Gasteiger partial charge in [-0.1, -0.05) is 6.92 Å². The van der Waals surface area contributed by atoms with Gasteiger partial charge in [0.05, 0.1) is 5.75 Å². The maximum Gasteiger partial charge on any atom is 0.214 e. The molecule has 0 unspecified atom stereocenters. The summed E-state index contributed by atoms with van der Waals surface area (Å²) >= 11 is 0. The Balaban J connectivity index is 2.53. The average Bonchev–Trinajstić information content (AvgIpc) is 1.82. The van der Waals surface area contributed by atoms with Crippen LogP contribution in [-0.4, -0.2) is 37.1 Å². The van der Waals surface area contributed by atoms with Crippen LogP contribution in [0.2, 0.25) is 0 Å². The second kappa shape index (κ2) is 2.97. The van der Waals surface area contributed by atoms with Crippen molar-refractivity contribution in [3.05, 3.63) is 0 Å². The topological polar surface area (TPSA) is 63.4 Å². The summed E-state index contributed by atoms with van der Waals surface area (Å²) in [5.74, 6) is 0.239. The molecule has 0 aromatic heterocycles. The summed E-state index contributed by atoms with van der Waals surface area (Å²) in [6.45, 7) is 4.66. The zero-order valence-corrected chi connectivity index (χ0v) is 8.39. The molecule has 0 bridgehead atoms. The van der Waals surface area contributed by atoms with Gasteiger partial charge in [-0.05, 0) is 13.3 Å². The molecule has 0 spiro atoms. The fraction of sp³-hybridized carbons (Fsp3) is 1.00. The van der Waals surface area contributed by atoms with Crippen LogP contribution >= 0.6 is 0 Å². The molecule has 1 rings (SSSR count). The van der Waals surface area contributed by atoms with Crippen molar-refractivity contribution in [1.29, 1.82) is 0 Å². The van der Waals surface area contributed by atoms with E-state index in [1.54, 1.807) is 0 Å². The molecule has 72 valence electrons. The first-order chi connectivity index (χ1) is 5.37. The average molecular weight is 192 g/mol. The summed E-state index contributed by atoms with van der Waals surface area (Å²) in [4.78, 5) is 0. The zero-order valence-electron chi connectivity index (χ0n) is 7.58. The molecule has 0 radical (unpaired) electrons. The van der Waals surface area contributed by atoms with Crippen molar-refractivity contribution in [2.24, 2.45) is 5.73 Å². The fourth-order valence-electron chi connectivity index (χ4n) is 1.34. The van der Waals surface area contributed by atoms with E-state index in [2.05, 4.69) is 0 Å². The lowest BCUT2D eigenvalue weighted by atomic mass is 9.97. The first-order valence-corrected chi connectivity index (χ1v) is 5.75. The van der Waals surface area contributed by atoms with E-state index in [4.69, 9.17) is 5.73 Å². The Hall–Kier alpha value is -0.130. The number of hydrogen-bond acceptors (Lipinski definition) is 3. The van der Waals surface area contributed by atoms with Crippen molar-refractivity contribution in [3.63, 3.8) is 0 Å². The highest BCUT2D eigenvalue weighted by atomic mass is 32.2.